The van der Waals surface area contributed by atoms with E-state index >= 15 is 0 Å². The van der Waals surface area contributed by atoms with E-state index in [-0.39, 0.29) is 19.0 Å². The minimum atomic E-state index is 0. The summed E-state index contributed by atoms with van der Waals surface area (Å²) >= 11 is 0. The van der Waals surface area contributed by atoms with Crippen LogP contribution in [-0.4, -0.2) is 49.7 Å². The molecule has 0 amide bonds. The second-order valence-corrected chi connectivity index (χ2v) is 6.52. The standard InChI is InChI=1S/C21H26N4O.ClH/c1-3-14-26-20-7-5-4-6-19(20)17-22-15-18-8-9-21(23-16-18)25-12-10-24(2)11-13-25;/h1,4-9,16,22H,10-15,17H2,2H3;1H. The molecule has 1 saturated heterocycles. The molecule has 0 bridgehead atoms. The molecule has 2 aromatic rings. The highest BCUT2D eigenvalue weighted by atomic mass is 35.5. The average Bonchev–Trinajstić information content (AvgIpc) is 2.68. The number of likely N-dealkylation sites (N-methyl/N-ethyl adjacent to an activating group) is 1. The van der Waals surface area contributed by atoms with Gasteiger partial charge >= 0.3 is 0 Å². The van der Waals surface area contributed by atoms with Crippen LogP contribution < -0.4 is 15.0 Å². The summed E-state index contributed by atoms with van der Waals surface area (Å²) in [6.07, 6.45) is 7.23. The van der Waals surface area contributed by atoms with Crippen LogP contribution in [0, 0.1) is 12.3 Å². The first-order valence-corrected chi connectivity index (χ1v) is 8.99. The molecular weight excluding hydrogens is 360 g/mol. The molecule has 0 atom stereocenters. The number of nitrogens with zero attached hydrogens (tertiary/aromatic N) is 3. The highest BCUT2D eigenvalue weighted by Crippen LogP contribution is 2.18. The number of rotatable bonds is 7. The Hall–Kier alpha value is -2.26. The van der Waals surface area contributed by atoms with Crippen LogP contribution in [0.1, 0.15) is 11.1 Å². The quantitative estimate of drug-likeness (QED) is 0.740. The third-order valence-corrected chi connectivity index (χ3v) is 4.56. The number of benzene rings is 1. The van der Waals surface area contributed by atoms with Gasteiger partial charge in [-0.15, -0.1) is 18.8 Å². The Morgan fingerprint density at radius 2 is 1.89 bits per heavy atom. The number of pyridine rings is 1. The summed E-state index contributed by atoms with van der Waals surface area (Å²) in [4.78, 5) is 9.32. The van der Waals surface area contributed by atoms with Gasteiger partial charge in [0.1, 0.15) is 18.2 Å². The molecule has 1 fully saturated rings. The van der Waals surface area contributed by atoms with Gasteiger partial charge < -0.3 is 19.9 Å². The Morgan fingerprint density at radius 1 is 1.11 bits per heavy atom. The number of anilines is 1. The van der Waals surface area contributed by atoms with Crippen LogP contribution in [0.5, 0.6) is 5.75 Å². The van der Waals surface area contributed by atoms with Gasteiger partial charge in [0.05, 0.1) is 0 Å². The van der Waals surface area contributed by atoms with Crippen molar-refractivity contribution >= 4 is 18.2 Å². The van der Waals surface area contributed by atoms with Crippen molar-refractivity contribution in [3.63, 3.8) is 0 Å². The number of terminal acetylenes is 1. The van der Waals surface area contributed by atoms with Crippen LogP contribution in [0.25, 0.3) is 0 Å². The van der Waals surface area contributed by atoms with E-state index in [0.717, 1.165) is 56.4 Å². The summed E-state index contributed by atoms with van der Waals surface area (Å²) in [5.74, 6) is 4.40. The SMILES string of the molecule is C#CCOc1ccccc1CNCc1ccc(N2CCN(C)CC2)nc1.Cl. The van der Waals surface area contributed by atoms with Gasteiger partial charge in [-0.25, -0.2) is 4.98 Å². The fourth-order valence-electron chi connectivity index (χ4n) is 3.00. The van der Waals surface area contributed by atoms with Gasteiger partial charge in [-0.2, -0.15) is 0 Å². The lowest BCUT2D eigenvalue weighted by Crippen LogP contribution is -2.44. The maximum absolute atomic E-state index is 5.58. The second kappa shape index (κ2) is 10.8. The number of halogens is 1. The maximum atomic E-state index is 5.58. The number of para-hydroxylation sites is 1. The van der Waals surface area contributed by atoms with Gasteiger partial charge in [0.15, 0.2) is 0 Å². The van der Waals surface area contributed by atoms with E-state index in [9.17, 15) is 0 Å². The molecule has 0 radical (unpaired) electrons. The predicted octanol–water partition coefficient (Wildman–Crippen LogP) is 2.56. The van der Waals surface area contributed by atoms with E-state index in [1.54, 1.807) is 0 Å². The molecule has 0 spiro atoms. The van der Waals surface area contributed by atoms with Crippen LogP contribution in [0.2, 0.25) is 0 Å². The summed E-state index contributed by atoms with van der Waals surface area (Å²) < 4.78 is 5.58. The Kier molecular flexibility index (Phi) is 8.41. The first-order chi connectivity index (χ1) is 12.8. The number of nitrogens with one attached hydrogen (secondary N) is 1. The van der Waals surface area contributed by atoms with Gasteiger partial charge in [-0.3, -0.25) is 0 Å². The Balaban J connectivity index is 0.00000261. The second-order valence-electron chi connectivity index (χ2n) is 6.52. The zero-order valence-electron chi connectivity index (χ0n) is 15.7. The molecule has 2 heterocycles. The molecule has 5 nitrogen and oxygen atoms in total. The summed E-state index contributed by atoms with van der Waals surface area (Å²) in [5, 5.41) is 3.45. The highest BCUT2D eigenvalue weighted by Gasteiger charge is 2.14. The van der Waals surface area contributed by atoms with E-state index in [0.29, 0.717) is 0 Å². The monoisotopic (exact) mass is 386 g/mol. The maximum Gasteiger partial charge on any atom is 0.148 e. The topological polar surface area (TPSA) is 40.6 Å². The molecule has 0 unspecified atom stereocenters. The van der Waals surface area contributed by atoms with Crippen molar-refractivity contribution in [2.75, 3.05) is 44.7 Å². The fourth-order valence-corrected chi connectivity index (χ4v) is 3.00. The third-order valence-electron chi connectivity index (χ3n) is 4.56. The minimum absolute atomic E-state index is 0. The van der Waals surface area contributed by atoms with Crippen LogP contribution in [0.3, 0.4) is 0 Å². The molecule has 1 aliphatic heterocycles. The first kappa shape index (κ1) is 21.0. The lowest BCUT2D eigenvalue weighted by Gasteiger charge is -2.33. The van der Waals surface area contributed by atoms with Crippen molar-refractivity contribution in [2.24, 2.45) is 0 Å². The van der Waals surface area contributed by atoms with Crippen LogP contribution in [0.15, 0.2) is 42.6 Å². The van der Waals surface area contributed by atoms with E-state index < -0.39 is 0 Å². The van der Waals surface area contributed by atoms with E-state index in [4.69, 9.17) is 11.2 Å². The summed E-state index contributed by atoms with van der Waals surface area (Å²) in [6.45, 7) is 6.03. The van der Waals surface area contributed by atoms with Gasteiger partial charge in [0.2, 0.25) is 0 Å². The Bertz CT molecular complexity index is 737. The molecule has 6 heteroatoms. The van der Waals surface area contributed by atoms with Gasteiger partial charge in [0.25, 0.3) is 0 Å². The third kappa shape index (κ3) is 6.14. The molecule has 27 heavy (non-hydrogen) atoms. The van der Waals surface area contributed by atoms with Gasteiger partial charge in [-0.1, -0.05) is 30.2 Å². The molecule has 144 valence electrons. The van der Waals surface area contributed by atoms with Crippen LogP contribution >= 0.6 is 12.4 Å². The summed E-state index contributed by atoms with van der Waals surface area (Å²) in [7, 11) is 2.16. The number of piperazine rings is 1. The van der Waals surface area contributed by atoms with Crippen molar-refractivity contribution in [3.05, 3.63) is 53.7 Å². The predicted molar refractivity (Wildman–Crippen MR) is 113 cm³/mol. The van der Waals surface area contributed by atoms with Crippen molar-refractivity contribution in [2.45, 2.75) is 13.1 Å². The number of hydrogen-bond acceptors (Lipinski definition) is 5. The minimum Gasteiger partial charge on any atom is -0.481 e. The van der Waals surface area contributed by atoms with Gasteiger partial charge in [0, 0.05) is 51.0 Å². The Labute approximate surface area is 168 Å². The van der Waals surface area contributed by atoms with Crippen molar-refractivity contribution in [1.82, 2.24) is 15.2 Å². The lowest BCUT2D eigenvalue weighted by atomic mass is 10.2. The normalized spacial score (nSPS) is 14.3. The van der Waals surface area contributed by atoms with Crippen molar-refractivity contribution < 1.29 is 4.74 Å². The van der Waals surface area contributed by atoms with E-state index in [1.165, 1.54) is 5.56 Å². The van der Waals surface area contributed by atoms with E-state index in [2.05, 4.69) is 45.2 Å². The molecule has 1 aromatic heterocycles. The largest absolute Gasteiger partial charge is 0.481 e. The van der Waals surface area contributed by atoms with E-state index in [1.807, 2.05) is 30.5 Å². The fraction of sp³-hybridized carbons (Fsp3) is 0.381. The van der Waals surface area contributed by atoms with Gasteiger partial charge in [-0.05, 0) is 24.7 Å². The number of aromatic nitrogens is 1. The average molecular weight is 387 g/mol. The smallest absolute Gasteiger partial charge is 0.148 e. The number of ether oxygens (including phenoxy) is 1. The molecule has 0 aliphatic carbocycles. The summed E-state index contributed by atoms with van der Waals surface area (Å²) in [6, 6.07) is 12.2. The zero-order valence-corrected chi connectivity index (χ0v) is 16.5. The molecular formula is C21H27ClN4O. The molecule has 1 N–H and O–H groups in total. The molecule has 0 saturated carbocycles. The lowest BCUT2D eigenvalue weighted by molar-refractivity contribution is 0.312. The molecule has 3 rings (SSSR count). The zero-order chi connectivity index (χ0) is 18.2. The summed E-state index contributed by atoms with van der Waals surface area (Å²) in [5.41, 5.74) is 2.27. The molecule has 1 aromatic carbocycles. The van der Waals surface area contributed by atoms with Crippen LogP contribution in [-0.2, 0) is 13.1 Å². The Morgan fingerprint density at radius 3 is 2.59 bits per heavy atom. The van der Waals surface area contributed by atoms with Crippen LogP contribution in [0.4, 0.5) is 5.82 Å². The number of hydrogen-bond donors (Lipinski definition) is 1. The van der Waals surface area contributed by atoms with Crippen molar-refractivity contribution in [1.29, 1.82) is 0 Å². The first-order valence-electron chi connectivity index (χ1n) is 8.99. The molecule has 1 aliphatic rings. The highest BCUT2D eigenvalue weighted by molar-refractivity contribution is 5.85. The van der Waals surface area contributed by atoms with Crippen molar-refractivity contribution in [3.8, 4) is 18.1 Å².